The Bertz CT molecular complexity index is 884. The first-order valence-electron chi connectivity index (χ1n) is 6.84. The number of non-ortho nitro benzene ring substituents is 1. The van der Waals surface area contributed by atoms with E-state index in [-0.39, 0.29) is 31.6 Å². The van der Waals surface area contributed by atoms with Crippen molar-refractivity contribution in [2.24, 2.45) is 0 Å². The highest BCUT2D eigenvalue weighted by Gasteiger charge is 2.18. The van der Waals surface area contributed by atoms with E-state index in [9.17, 15) is 24.1 Å². The smallest absolute Gasteiger partial charge is 0.340 e. The minimum atomic E-state index is -0.889. The molecule has 0 aliphatic rings. The molecule has 0 unspecified atom stereocenters. The fourth-order valence-electron chi connectivity index (χ4n) is 1.89. The second-order valence-corrected chi connectivity index (χ2v) is 6.61. The summed E-state index contributed by atoms with van der Waals surface area (Å²) >= 11 is 6.24. The molecular weight excluding hydrogens is 481 g/mol. The highest BCUT2D eigenvalue weighted by molar-refractivity contribution is 9.11. The Balaban J connectivity index is 2.03. The van der Waals surface area contributed by atoms with E-state index >= 15 is 0 Å². The van der Waals surface area contributed by atoms with Crippen molar-refractivity contribution in [3.63, 3.8) is 0 Å². The third-order valence-corrected chi connectivity index (χ3v) is 4.32. The Labute approximate surface area is 162 Å². The van der Waals surface area contributed by atoms with Gasteiger partial charge in [-0.05, 0) is 50.1 Å². The van der Waals surface area contributed by atoms with Crippen molar-refractivity contribution >= 4 is 60.8 Å². The first-order valence-corrected chi connectivity index (χ1v) is 8.43. The van der Waals surface area contributed by atoms with Crippen molar-refractivity contribution in [2.75, 3.05) is 17.7 Å². The van der Waals surface area contributed by atoms with Crippen LogP contribution in [0.2, 0.25) is 0 Å². The van der Waals surface area contributed by atoms with Crippen LogP contribution in [0.1, 0.15) is 10.4 Å². The van der Waals surface area contributed by atoms with Gasteiger partial charge in [-0.25, -0.2) is 9.18 Å². The van der Waals surface area contributed by atoms with Crippen molar-refractivity contribution in [3.05, 3.63) is 60.8 Å². The van der Waals surface area contributed by atoms with Gasteiger partial charge in [0.2, 0.25) is 0 Å². The van der Waals surface area contributed by atoms with Gasteiger partial charge in [-0.15, -0.1) is 0 Å². The van der Waals surface area contributed by atoms with Crippen LogP contribution in [0.3, 0.4) is 0 Å². The zero-order valence-corrected chi connectivity index (χ0v) is 16.0. The zero-order valence-electron chi connectivity index (χ0n) is 12.8. The van der Waals surface area contributed by atoms with E-state index in [0.717, 1.165) is 18.2 Å². The molecule has 8 nitrogen and oxygen atoms in total. The normalized spacial score (nSPS) is 10.3. The molecule has 0 aromatic heterocycles. The number of amides is 1. The number of hydrogen-bond donors (Lipinski definition) is 2. The molecule has 11 heteroatoms. The summed E-state index contributed by atoms with van der Waals surface area (Å²) in [7, 11) is 0. The quantitative estimate of drug-likeness (QED) is 0.285. The Morgan fingerprint density at radius 1 is 1.23 bits per heavy atom. The molecule has 0 heterocycles. The molecule has 2 aromatic rings. The number of nitro groups is 1. The molecule has 2 aromatic carbocycles. The summed E-state index contributed by atoms with van der Waals surface area (Å²) in [5.74, 6) is -2.18. The fraction of sp³-hybridized carbons (Fsp3) is 0.0667. The van der Waals surface area contributed by atoms with Gasteiger partial charge in [0.1, 0.15) is 5.82 Å². The van der Waals surface area contributed by atoms with Crippen LogP contribution in [-0.4, -0.2) is 23.4 Å². The highest BCUT2D eigenvalue weighted by atomic mass is 79.9. The predicted molar refractivity (Wildman–Crippen MR) is 98.2 cm³/mol. The van der Waals surface area contributed by atoms with Gasteiger partial charge >= 0.3 is 5.97 Å². The van der Waals surface area contributed by atoms with Gasteiger partial charge < -0.3 is 15.8 Å². The SMILES string of the molecule is Nc1cc(F)ccc1C(=O)OCC(=O)Nc1c(Br)cc([N+](=O)[O-])cc1Br. The van der Waals surface area contributed by atoms with Crippen molar-refractivity contribution < 1.29 is 23.6 Å². The molecule has 0 aliphatic heterocycles. The molecular formula is C15H10Br2FN3O5. The molecule has 0 fully saturated rings. The Hall–Kier alpha value is -2.53. The second kappa shape index (κ2) is 8.23. The number of hydrogen-bond acceptors (Lipinski definition) is 6. The van der Waals surface area contributed by atoms with E-state index in [1.165, 1.54) is 12.1 Å². The van der Waals surface area contributed by atoms with Gasteiger partial charge in [0, 0.05) is 26.8 Å². The van der Waals surface area contributed by atoms with Gasteiger partial charge in [0.25, 0.3) is 11.6 Å². The number of carbonyl (C=O) groups excluding carboxylic acids is 2. The molecule has 0 saturated heterocycles. The maximum atomic E-state index is 13.0. The summed E-state index contributed by atoms with van der Waals surface area (Å²) in [5.41, 5.74) is 5.39. The van der Waals surface area contributed by atoms with Crippen LogP contribution in [0.25, 0.3) is 0 Å². The fourth-order valence-corrected chi connectivity index (χ4v) is 3.25. The lowest BCUT2D eigenvalue weighted by Crippen LogP contribution is -2.21. The number of rotatable bonds is 5. The number of nitrogen functional groups attached to an aromatic ring is 1. The monoisotopic (exact) mass is 489 g/mol. The molecule has 0 saturated carbocycles. The third kappa shape index (κ3) is 4.76. The molecule has 2 rings (SSSR count). The van der Waals surface area contributed by atoms with Gasteiger partial charge in [0.15, 0.2) is 6.61 Å². The minimum Gasteiger partial charge on any atom is -0.452 e. The van der Waals surface area contributed by atoms with Crippen LogP contribution in [-0.2, 0) is 9.53 Å². The highest BCUT2D eigenvalue weighted by Crippen LogP contribution is 2.35. The summed E-state index contributed by atoms with van der Waals surface area (Å²) in [5, 5.41) is 13.2. The maximum Gasteiger partial charge on any atom is 0.340 e. The molecule has 26 heavy (non-hydrogen) atoms. The minimum absolute atomic E-state index is 0.0723. The number of nitro benzene ring substituents is 1. The largest absolute Gasteiger partial charge is 0.452 e. The molecule has 1 amide bonds. The summed E-state index contributed by atoms with van der Waals surface area (Å²) in [6, 6.07) is 5.57. The summed E-state index contributed by atoms with van der Waals surface area (Å²) in [4.78, 5) is 34.0. The molecule has 136 valence electrons. The lowest BCUT2D eigenvalue weighted by Gasteiger charge is -2.10. The molecule has 3 N–H and O–H groups in total. The van der Waals surface area contributed by atoms with Crippen molar-refractivity contribution in [2.45, 2.75) is 0 Å². The first kappa shape index (κ1) is 19.8. The van der Waals surface area contributed by atoms with Crippen molar-refractivity contribution in [1.29, 1.82) is 0 Å². The maximum absolute atomic E-state index is 13.0. The Morgan fingerprint density at radius 2 is 1.85 bits per heavy atom. The summed E-state index contributed by atoms with van der Waals surface area (Å²) in [6.07, 6.45) is 0. The number of halogens is 3. The first-order chi connectivity index (χ1) is 12.2. The van der Waals surface area contributed by atoms with E-state index < -0.39 is 29.2 Å². The Kier molecular flexibility index (Phi) is 6.27. The van der Waals surface area contributed by atoms with Crippen LogP contribution >= 0.6 is 31.9 Å². The number of nitrogens with two attached hydrogens (primary N) is 1. The van der Waals surface area contributed by atoms with Crippen LogP contribution in [0, 0.1) is 15.9 Å². The number of nitrogens with one attached hydrogen (secondary N) is 1. The second-order valence-electron chi connectivity index (χ2n) is 4.90. The van der Waals surface area contributed by atoms with Crippen LogP contribution < -0.4 is 11.1 Å². The predicted octanol–water partition coefficient (Wildman–Crippen LogP) is 3.64. The topological polar surface area (TPSA) is 125 Å². The van der Waals surface area contributed by atoms with E-state index in [4.69, 9.17) is 10.5 Å². The lowest BCUT2D eigenvalue weighted by atomic mass is 10.2. The summed E-state index contributed by atoms with van der Waals surface area (Å²) in [6.45, 7) is -0.633. The average Bonchev–Trinajstić information content (AvgIpc) is 2.55. The van der Waals surface area contributed by atoms with E-state index in [0.29, 0.717) is 0 Å². The number of carbonyl (C=O) groups is 2. The molecule has 0 atom stereocenters. The van der Waals surface area contributed by atoms with Gasteiger partial charge in [0.05, 0.1) is 16.2 Å². The van der Waals surface area contributed by atoms with Gasteiger partial charge in [-0.2, -0.15) is 0 Å². The molecule has 0 bridgehead atoms. The van der Waals surface area contributed by atoms with Gasteiger partial charge in [-0.3, -0.25) is 14.9 Å². The van der Waals surface area contributed by atoms with E-state index in [1.807, 2.05) is 0 Å². The third-order valence-electron chi connectivity index (χ3n) is 3.07. The number of ether oxygens (including phenoxy) is 1. The number of benzene rings is 2. The average molecular weight is 491 g/mol. The summed E-state index contributed by atoms with van der Waals surface area (Å²) < 4.78 is 18.3. The number of anilines is 2. The van der Waals surface area contributed by atoms with Gasteiger partial charge in [-0.1, -0.05) is 0 Å². The molecule has 0 spiro atoms. The van der Waals surface area contributed by atoms with Crippen LogP contribution in [0.5, 0.6) is 0 Å². The zero-order chi connectivity index (χ0) is 19.4. The molecule has 0 aliphatic carbocycles. The van der Waals surface area contributed by atoms with Crippen LogP contribution in [0.15, 0.2) is 39.3 Å². The number of esters is 1. The lowest BCUT2D eigenvalue weighted by molar-refractivity contribution is -0.385. The van der Waals surface area contributed by atoms with E-state index in [1.54, 1.807) is 0 Å². The standard InChI is InChI=1S/C15H10Br2FN3O5/c16-10-4-8(21(24)25)5-11(17)14(10)20-13(22)6-26-15(23)9-2-1-7(18)3-12(9)19/h1-5H,6,19H2,(H,20,22). The number of nitrogens with zero attached hydrogens (tertiary/aromatic N) is 1. The van der Waals surface area contributed by atoms with Crippen LogP contribution in [0.4, 0.5) is 21.5 Å². The Morgan fingerprint density at radius 3 is 2.38 bits per heavy atom. The molecule has 0 radical (unpaired) electrons. The van der Waals surface area contributed by atoms with Crippen molar-refractivity contribution in [3.8, 4) is 0 Å². The van der Waals surface area contributed by atoms with Crippen molar-refractivity contribution in [1.82, 2.24) is 0 Å². The van der Waals surface area contributed by atoms with E-state index in [2.05, 4.69) is 37.2 Å².